The number of fused-ring (bicyclic) bond motifs is 1. The van der Waals surface area contributed by atoms with E-state index >= 15 is 0 Å². The normalized spacial score (nSPS) is 16.6. The van der Waals surface area contributed by atoms with Gasteiger partial charge in [-0.3, -0.25) is 9.78 Å². The largest absolute Gasteiger partial charge is 0.482 e. The van der Waals surface area contributed by atoms with Gasteiger partial charge in [-0.2, -0.15) is 4.99 Å². The second-order valence-corrected chi connectivity index (χ2v) is 8.42. The van der Waals surface area contributed by atoms with Gasteiger partial charge in [0.25, 0.3) is 5.56 Å². The molecule has 1 saturated heterocycles. The van der Waals surface area contributed by atoms with Gasteiger partial charge < -0.3 is 19.4 Å². The molecule has 7 heteroatoms. The maximum Gasteiger partial charge on any atom is 0.258 e. The van der Waals surface area contributed by atoms with Crippen LogP contribution in [-0.2, 0) is 16.5 Å². The van der Waals surface area contributed by atoms with Gasteiger partial charge in [0, 0.05) is 42.2 Å². The molecule has 0 radical (unpaired) electrons. The Morgan fingerprint density at radius 2 is 2.06 bits per heavy atom. The summed E-state index contributed by atoms with van der Waals surface area (Å²) in [6.07, 6.45) is 4.69. The second kappa shape index (κ2) is 9.58. The minimum Gasteiger partial charge on any atom is -0.482 e. The van der Waals surface area contributed by atoms with E-state index in [-0.39, 0.29) is 11.7 Å². The molecule has 0 saturated carbocycles. The number of methoxy groups -OCH3 is 1. The number of nitrogens with one attached hydrogen (secondary N) is 1. The van der Waals surface area contributed by atoms with Gasteiger partial charge in [0.1, 0.15) is 11.9 Å². The van der Waals surface area contributed by atoms with Gasteiger partial charge in [0.2, 0.25) is 5.90 Å². The summed E-state index contributed by atoms with van der Waals surface area (Å²) in [5, 5.41) is 4.14. The van der Waals surface area contributed by atoms with Crippen molar-refractivity contribution in [3.63, 3.8) is 0 Å². The number of benzene rings is 1. The van der Waals surface area contributed by atoms with Crippen LogP contribution in [0.5, 0.6) is 0 Å². The zero-order valence-electron chi connectivity index (χ0n) is 19.6. The first-order valence-electron chi connectivity index (χ1n) is 11.1. The highest BCUT2D eigenvalue weighted by Crippen LogP contribution is 2.27. The van der Waals surface area contributed by atoms with Gasteiger partial charge in [0.05, 0.1) is 12.6 Å². The smallest absolute Gasteiger partial charge is 0.258 e. The number of pyridine rings is 2. The number of rotatable bonds is 5. The highest BCUT2D eigenvalue weighted by atomic mass is 16.5. The van der Waals surface area contributed by atoms with Crippen LogP contribution in [0.15, 0.2) is 58.7 Å². The third-order valence-electron chi connectivity index (χ3n) is 5.97. The molecule has 1 N–H and O–H groups in total. The number of nitrogens with zero attached hydrogens (tertiary/aromatic N) is 3. The molecule has 1 aliphatic rings. The average molecular weight is 447 g/mol. The van der Waals surface area contributed by atoms with E-state index in [0.717, 1.165) is 52.7 Å². The van der Waals surface area contributed by atoms with Crippen molar-refractivity contribution >= 4 is 22.5 Å². The van der Waals surface area contributed by atoms with E-state index < -0.39 is 0 Å². The molecule has 7 nitrogen and oxygen atoms in total. The van der Waals surface area contributed by atoms with Crippen molar-refractivity contribution in [3.8, 4) is 11.1 Å². The van der Waals surface area contributed by atoms with Crippen molar-refractivity contribution in [2.24, 2.45) is 12.0 Å². The fourth-order valence-electron chi connectivity index (χ4n) is 4.16. The molecule has 0 amide bonds. The zero-order valence-corrected chi connectivity index (χ0v) is 19.6. The first-order chi connectivity index (χ1) is 15.9. The number of aryl methyl sites for hydroxylation is 3. The summed E-state index contributed by atoms with van der Waals surface area (Å²) in [4.78, 5) is 22.1. The van der Waals surface area contributed by atoms with Crippen LogP contribution in [0.1, 0.15) is 30.5 Å². The van der Waals surface area contributed by atoms with Crippen molar-refractivity contribution in [1.29, 1.82) is 0 Å². The standard InChI is InChI=1S/C26H30N4O3/c1-16-9-10-20(28-18(3)29-25(32-5)24-8-6-7-11-33-24)14-21(16)22-13-19-15-27-17(2)12-23(19)30(4)26(22)31/h9-10,12-15,24,28H,3,6-8,11H2,1-2,4-5H3/b29-25-. The Morgan fingerprint density at radius 1 is 1.24 bits per heavy atom. The van der Waals surface area contributed by atoms with Crippen molar-refractivity contribution in [3.05, 3.63) is 70.5 Å². The fraction of sp³-hybridized carbons (Fsp3) is 0.346. The van der Waals surface area contributed by atoms with Gasteiger partial charge >= 0.3 is 0 Å². The van der Waals surface area contributed by atoms with Gasteiger partial charge in [-0.15, -0.1) is 0 Å². The van der Waals surface area contributed by atoms with E-state index in [2.05, 4.69) is 21.9 Å². The fourth-order valence-corrected chi connectivity index (χ4v) is 4.16. The lowest BCUT2D eigenvalue weighted by atomic mass is 9.99. The summed E-state index contributed by atoms with van der Waals surface area (Å²) >= 11 is 0. The molecule has 1 aliphatic heterocycles. The first kappa shape index (κ1) is 22.7. The Labute approximate surface area is 193 Å². The van der Waals surface area contributed by atoms with Crippen molar-refractivity contribution in [1.82, 2.24) is 9.55 Å². The third-order valence-corrected chi connectivity index (χ3v) is 5.97. The summed E-state index contributed by atoms with van der Waals surface area (Å²) in [5.41, 5.74) is 4.94. The lowest BCUT2D eigenvalue weighted by molar-refractivity contribution is 0.0452. The van der Waals surface area contributed by atoms with Crippen molar-refractivity contribution in [2.75, 3.05) is 19.0 Å². The van der Waals surface area contributed by atoms with Gasteiger partial charge in [-0.05, 0) is 68.5 Å². The number of hydrogen-bond donors (Lipinski definition) is 1. The minimum atomic E-state index is -0.145. The van der Waals surface area contributed by atoms with Crippen molar-refractivity contribution in [2.45, 2.75) is 39.2 Å². The molecular formula is C26H30N4O3. The molecule has 33 heavy (non-hydrogen) atoms. The van der Waals surface area contributed by atoms with E-state index in [1.165, 1.54) is 0 Å². The van der Waals surface area contributed by atoms with E-state index in [0.29, 0.717) is 23.9 Å². The molecule has 172 valence electrons. The highest BCUT2D eigenvalue weighted by Gasteiger charge is 2.21. The Balaban J connectivity index is 1.65. The van der Waals surface area contributed by atoms with E-state index in [4.69, 9.17) is 9.47 Å². The van der Waals surface area contributed by atoms with E-state index in [1.54, 1.807) is 24.9 Å². The molecule has 3 aromatic rings. The van der Waals surface area contributed by atoms with Crippen molar-refractivity contribution < 1.29 is 9.47 Å². The monoisotopic (exact) mass is 446 g/mol. The summed E-state index contributed by atoms with van der Waals surface area (Å²) in [7, 11) is 3.39. The molecular weight excluding hydrogens is 416 g/mol. The van der Waals surface area contributed by atoms with Crippen LogP contribution in [0, 0.1) is 13.8 Å². The molecule has 3 heterocycles. The Morgan fingerprint density at radius 3 is 2.79 bits per heavy atom. The van der Waals surface area contributed by atoms with Gasteiger partial charge in [-0.1, -0.05) is 12.6 Å². The topological polar surface area (TPSA) is 77.7 Å². The summed E-state index contributed by atoms with van der Waals surface area (Å²) < 4.78 is 12.9. The predicted octanol–water partition coefficient (Wildman–Crippen LogP) is 4.71. The molecule has 1 aromatic carbocycles. The van der Waals surface area contributed by atoms with Crippen LogP contribution in [0.3, 0.4) is 0 Å². The number of aromatic nitrogens is 2. The molecule has 0 bridgehead atoms. The number of ether oxygens (including phenoxy) is 2. The predicted molar refractivity (Wildman–Crippen MR) is 133 cm³/mol. The first-order valence-corrected chi connectivity index (χ1v) is 11.1. The maximum absolute atomic E-state index is 13.2. The maximum atomic E-state index is 13.2. The van der Waals surface area contributed by atoms with Gasteiger partial charge in [-0.25, -0.2) is 0 Å². The van der Waals surface area contributed by atoms with E-state index in [9.17, 15) is 4.79 Å². The number of anilines is 1. The van der Waals surface area contributed by atoms with E-state index in [1.807, 2.05) is 44.2 Å². The molecule has 1 fully saturated rings. The quantitative estimate of drug-likeness (QED) is 0.453. The lowest BCUT2D eigenvalue weighted by Gasteiger charge is -2.23. The molecule has 0 aliphatic carbocycles. The lowest BCUT2D eigenvalue weighted by Crippen LogP contribution is -2.29. The molecule has 0 spiro atoms. The van der Waals surface area contributed by atoms with Gasteiger partial charge in [0.15, 0.2) is 0 Å². The van der Waals surface area contributed by atoms with Crippen LogP contribution in [0.2, 0.25) is 0 Å². The summed E-state index contributed by atoms with van der Waals surface area (Å²) in [6.45, 7) is 8.65. The van der Waals surface area contributed by atoms with Crippen LogP contribution in [-0.4, -0.2) is 35.3 Å². The molecule has 1 unspecified atom stereocenters. The van der Waals surface area contributed by atoms with Crippen LogP contribution < -0.4 is 10.9 Å². The zero-order chi connectivity index (χ0) is 23.5. The molecule has 1 atom stereocenters. The molecule has 2 aromatic heterocycles. The van der Waals surface area contributed by atoms with Crippen LogP contribution >= 0.6 is 0 Å². The Bertz CT molecular complexity index is 1290. The minimum absolute atomic E-state index is 0.0543. The number of hydrogen-bond acceptors (Lipinski definition) is 6. The average Bonchev–Trinajstić information content (AvgIpc) is 2.82. The summed E-state index contributed by atoms with van der Waals surface area (Å²) in [5.74, 6) is 0.965. The summed E-state index contributed by atoms with van der Waals surface area (Å²) in [6, 6.07) is 9.71. The third kappa shape index (κ3) is 4.83. The van der Waals surface area contributed by atoms with Crippen LogP contribution in [0.25, 0.3) is 22.0 Å². The van der Waals surface area contributed by atoms with Crippen LogP contribution in [0.4, 0.5) is 5.69 Å². The number of aliphatic imine (C=N–C) groups is 1. The highest BCUT2D eigenvalue weighted by molar-refractivity contribution is 5.85. The molecule has 4 rings (SSSR count). The Hall–Kier alpha value is -3.45. The second-order valence-electron chi connectivity index (χ2n) is 8.42. The SMILES string of the molecule is C=C(/N=C(\OC)C1CCCCO1)Nc1ccc(C)c(-c2cc3cnc(C)cc3n(C)c2=O)c1. The Kier molecular flexibility index (Phi) is 6.60.